The average molecular weight is 198 g/mol. The molecule has 0 saturated heterocycles. The molecule has 1 aliphatic carbocycles. The van der Waals surface area contributed by atoms with Crippen LogP contribution in [-0.4, -0.2) is 10.5 Å². The molecule has 2 nitrogen and oxygen atoms in total. The van der Waals surface area contributed by atoms with Crippen molar-refractivity contribution in [1.82, 2.24) is 4.98 Å². The van der Waals surface area contributed by atoms with Gasteiger partial charge in [-0.05, 0) is 36.3 Å². The van der Waals surface area contributed by atoms with Gasteiger partial charge in [0.1, 0.15) is 0 Å². The highest BCUT2D eigenvalue weighted by Crippen LogP contribution is 2.35. The summed E-state index contributed by atoms with van der Waals surface area (Å²) in [6.07, 6.45) is 7.07. The Balaban J connectivity index is 1.99. The number of fused-ring (bicyclic) bond motifs is 1. The molecule has 76 valence electrons. The molecular weight excluding hydrogens is 184 g/mol. The van der Waals surface area contributed by atoms with E-state index in [9.17, 15) is 0 Å². The van der Waals surface area contributed by atoms with E-state index < -0.39 is 0 Å². The number of nitrogens with two attached hydrogens (primary N) is 1. The van der Waals surface area contributed by atoms with Gasteiger partial charge in [0.15, 0.2) is 0 Å². The molecule has 1 aromatic heterocycles. The van der Waals surface area contributed by atoms with Gasteiger partial charge in [0.25, 0.3) is 0 Å². The molecule has 0 radical (unpaired) electrons. The number of aromatic nitrogens is 1. The Kier molecular flexibility index (Phi) is 1.80. The van der Waals surface area contributed by atoms with Gasteiger partial charge in [-0.3, -0.25) is 4.98 Å². The van der Waals surface area contributed by atoms with Gasteiger partial charge < -0.3 is 5.73 Å². The van der Waals surface area contributed by atoms with E-state index in [0.717, 1.165) is 6.42 Å². The van der Waals surface area contributed by atoms with Crippen LogP contribution in [0.2, 0.25) is 0 Å². The predicted octanol–water partition coefficient (Wildman–Crippen LogP) is 2.27. The lowest BCUT2D eigenvalue weighted by molar-refractivity contribution is 0.673. The fourth-order valence-corrected chi connectivity index (χ4v) is 1.99. The zero-order chi connectivity index (χ0) is 10.3. The molecule has 2 aromatic rings. The van der Waals surface area contributed by atoms with E-state index in [1.165, 1.54) is 29.2 Å². The monoisotopic (exact) mass is 198 g/mol. The van der Waals surface area contributed by atoms with Crippen LogP contribution in [0.4, 0.5) is 0 Å². The van der Waals surface area contributed by atoms with Crippen LogP contribution >= 0.6 is 0 Å². The highest BCUT2D eigenvalue weighted by atomic mass is 14.8. The lowest BCUT2D eigenvalue weighted by Gasteiger charge is -2.08. The maximum atomic E-state index is 6.11. The summed E-state index contributed by atoms with van der Waals surface area (Å²) in [5.41, 5.74) is 7.55. The molecule has 0 amide bonds. The molecule has 1 saturated carbocycles. The van der Waals surface area contributed by atoms with Gasteiger partial charge in [0.2, 0.25) is 0 Å². The maximum absolute atomic E-state index is 6.11. The van der Waals surface area contributed by atoms with Gasteiger partial charge >= 0.3 is 0 Å². The minimum atomic E-state index is 0.0979. The van der Waals surface area contributed by atoms with Crippen LogP contribution in [0.1, 0.15) is 18.4 Å². The average Bonchev–Trinajstić information content (AvgIpc) is 2.96. The van der Waals surface area contributed by atoms with Crippen molar-refractivity contribution >= 4 is 10.8 Å². The Morgan fingerprint density at radius 2 is 2.07 bits per heavy atom. The lowest BCUT2D eigenvalue weighted by Crippen LogP contribution is -2.24. The van der Waals surface area contributed by atoms with Crippen molar-refractivity contribution in [3.63, 3.8) is 0 Å². The summed E-state index contributed by atoms with van der Waals surface area (Å²) in [4.78, 5) is 4.10. The lowest BCUT2D eigenvalue weighted by atomic mass is 10.0. The summed E-state index contributed by atoms with van der Waals surface area (Å²) in [5, 5.41) is 2.45. The van der Waals surface area contributed by atoms with Crippen LogP contribution in [-0.2, 0) is 6.42 Å². The normalized spacial score (nSPS) is 17.9. The number of benzene rings is 1. The molecular formula is C13H14N2. The molecule has 0 spiro atoms. The third kappa shape index (κ3) is 1.73. The summed E-state index contributed by atoms with van der Waals surface area (Å²) >= 11 is 0. The van der Waals surface area contributed by atoms with Crippen molar-refractivity contribution in [3.8, 4) is 0 Å². The minimum absolute atomic E-state index is 0.0979. The third-order valence-electron chi connectivity index (χ3n) is 3.15. The Bertz CT molecular complexity index is 501. The highest BCUT2D eigenvalue weighted by molar-refractivity contribution is 5.82. The summed E-state index contributed by atoms with van der Waals surface area (Å²) in [7, 11) is 0. The topological polar surface area (TPSA) is 38.9 Å². The third-order valence-corrected chi connectivity index (χ3v) is 3.15. The molecule has 0 atom stereocenters. The molecule has 2 heteroatoms. The fraction of sp³-hybridized carbons (Fsp3) is 0.308. The van der Waals surface area contributed by atoms with Crippen LogP contribution < -0.4 is 5.73 Å². The summed E-state index contributed by atoms with van der Waals surface area (Å²) in [6, 6.07) is 8.57. The molecule has 1 aromatic carbocycles. The van der Waals surface area contributed by atoms with E-state index in [2.05, 4.69) is 29.2 Å². The van der Waals surface area contributed by atoms with E-state index in [4.69, 9.17) is 5.73 Å². The zero-order valence-electron chi connectivity index (χ0n) is 8.61. The second-order valence-electron chi connectivity index (χ2n) is 4.60. The zero-order valence-corrected chi connectivity index (χ0v) is 8.61. The Morgan fingerprint density at radius 3 is 2.87 bits per heavy atom. The van der Waals surface area contributed by atoms with Crippen molar-refractivity contribution in [1.29, 1.82) is 0 Å². The molecule has 0 aliphatic heterocycles. The largest absolute Gasteiger partial charge is 0.325 e. The van der Waals surface area contributed by atoms with E-state index in [-0.39, 0.29) is 5.54 Å². The smallest absolute Gasteiger partial charge is 0.0346 e. The number of rotatable bonds is 2. The first-order valence-corrected chi connectivity index (χ1v) is 5.37. The van der Waals surface area contributed by atoms with Gasteiger partial charge in [-0.2, -0.15) is 0 Å². The van der Waals surface area contributed by atoms with Crippen molar-refractivity contribution < 1.29 is 0 Å². The van der Waals surface area contributed by atoms with E-state index in [0.29, 0.717) is 0 Å². The number of nitrogens with zero attached hydrogens (tertiary/aromatic N) is 1. The molecule has 0 bridgehead atoms. The number of pyridine rings is 1. The summed E-state index contributed by atoms with van der Waals surface area (Å²) in [6.45, 7) is 0. The van der Waals surface area contributed by atoms with Gasteiger partial charge in [-0.1, -0.05) is 18.2 Å². The van der Waals surface area contributed by atoms with Gasteiger partial charge in [0, 0.05) is 23.3 Å². The van der Waals surface area contributed by atoms with Crippen LogP contribution in [0.15, 0.2) is 36.7 Å². The van der Waals surface area contributed by atoms with Gasteiger partial charge in [-0.15, -0.1) is 0 Å². The minimum Gasteiger partial charge on any atom is -0.325 e. The van der Waals surface area contributed by atoms with Gasteiger partial charge in [-0.25, -0.2) is 0 Å². The second-order valence-corrected chi connectivity index (χ2v) is 4.60. The molecule has 3 rings (SSSR count). The van der Waals surface area contributed by atoms with E-state index in [1.807, 2.05) is 12.4 Å². The van der Waals surface area contributed by atoms with E-state index in [1.54, 1.807) is 0 Å². The number of hydrogen-bond acceptors (Lipinski definition) is 2. The van der Waals surface area contributed by atoms with Crippen molar-refractivity contribution in [3.05, 3.63) is 42.2 Å². The van der Waals surface area contributed by atoms with Crippen LogP contribution in [0.5, 0.6) is 0 Å². The van der Waals surface area contributed by atoms with Gasteiger partial charge in [0.05, 0.1) is 0 Å². The highest BCUT2D eigenvalue weighted by Gasteiger charge is 2.37. The molecule has 2 N–H and O–H groups in total. The fourth-order valence-electron chi connectivity index (χ4n) is 1.99. The molecule has 1 fully saturated rings. The van der Waals surface area contributed by atoms with Crippen LogP contribution in [0, 0.1) is 0 Å². The van der Waals surface area contributed by atoms with Crippen LogP contribution in [0.3, 0.4) is 0 Å². The van der Waals surface area contributed by atoms with Crippen molar-refractivity contribution in [2.75, 3.05) is 0 Å². The molecule has 15 heavy (non-hydrogen) atoms. The number of hydrogen-bond donors (Lipinski definition) is 1. The quantitative estimate of drug-likeness (QED) is 0.804. The Morgan fingerprint density at radius 1 is 1.20 bits per heavy atom. The molecule has 1 heterocycles. The summed E-state index contributed by atoms with van der Waals surface area (Å²) in [5.74, 6) is 0. The van der Waals surface area contributed by atoms with Crippen molar-refractivity contribution in [2.45, 2.75) is 24.8 Å². The van der Waals surface area contributed by atoms with Crippen LogP contribution in [0.25, 0.3) is 10.8 Å². The summed E-state index contributed by atoms with van der Waals surface area (Å²) < 4.78 is 0. The van der Waals surface area contributed by atoms with E-state index >= 15 is 0 Å². The SMILES string of the molecule is NC1(Cc2ccc3cnccc3c2)CC1. The first-order valence-electron chi connectivity index (χ1n) is 5.37. The Hall–Kier alpha value is -1.41. The predicted molar refractivity (Wildman–Crippen MR) is 61.6 cm³/mol. The Labute approximate surface area is 89.1 Å². The first kappa shape index (κ1) is 8.86. The molecule has 0 unspecified atom stereocenters. The maximum Gasteiger partial charge on any atom is 0.0346 e. The standard InChI is InChI=1S/C13H14N2/c14-13(4-5-13)8-10-1-2-12-9-15-6-3-11(12)7-10/h1-3,6-7,9H,4-5,8,14H2. The second kappa shape index (κ2) is 3.04. The van der Waals surface area contributed by atoms with Crippen molar-refractivity contribution in [2.24, 2.45) is 5.73 Å². The molecule has 1 aliphatic rings. The first-order chi connectivity index (χ1) is 7.25.